The molecule has 1 N–H and O–H groups in total. The Labute approximate surface area is 133 Å². The molecule has 1 unspecified atom stereocenters. The van der Waals surface area contributed by atoms with E-state index in [1.165, 1.54) is 5.56 Å². The second kappa shape index (κ2) is 7.41. The van der Waals surface area contributed by atoms with Crippen molar-refractivity contribution in [1.82, 2.24) is 9.97 Å². The van der Waals surface area contributed by atoms with Crippen LogP contribution in [-0.2, 0) is 17.6 Å². The number of ether oxygens (including phenoxy) is 1. The molecule has 112 valence electrons. The third-order valence-corrected chi connectivity index (χ3v) is 3.68. The Morgan fingerprint density at radius 3 is 2.71 bits per heavy atom. The van der Waals surface area contributed by atoms with E-state index in [0.717, 1.165) is 23.1 Å². The number of carbonyl (C=O) groups excluding carboxylic acids is 1. The highest BCUT2D eigenvalue weighted by Crippen LogP contribution is 2.16. The van der Waals surface area contributed by atoms with Crippen LogP contribution in [0.5, 0.6) is 0 Å². The van der Waals surface area contributed by atoms with Crippen LogP contribution in [0.2, 0.25) is 0 Å². The lowest BCUT2D eigenvalue weighted by Crippen LogP contribution is -2.07. The van der Waals surface area contributed by atoms with Gasteiger partial charge in [0.25, 0.3) is 0 Å². The number of aromatic amines is 1. The van der Waals surface area contributed by atoms with Crippen LogP contribution >= 0.6 is 15.9 Å². The van der Waals surface area contributed by atoms with Gasteiger partial charge in [-0.2, -0.15) is 0 Å². The van der Waals surface area contributed by atoms with E-state index in [9.17, 15) is 4.79 Å². The van der Waals surface area contributed by atoms with Gasteiger partial charge in [0.2, 0.25) is 0 Å². The molecule has 0 aliphatic rings. The van der Waals surface area contributed by atoms with Gasteiger partial charge >= 0.3 is 5.97 Å². The maximum absolute atomic E-state index is 11.6. The second-order valence-corrected chi connectivity index (χ2v) is 6.01. The standard InChI is InChI=1S/C16H19BrN2O2/c1-3-21-16(20)14-10-18-15(19-14)9-11(2)8-12-4-6-13(17)7-5-12/h4-7,10-11H,3,8-9H2,1-2H3,(H,18,19). The number of imidazole rings is 1. The minimum atomic E-state index is -0.374. The van der Waals surface area contributed by atoms with E-state index >= 15 is 0 Å². The first-order valence-corrected chi connectivity index (χ1v) is 7.83. The number of hydrogen-bond acceptors (Lipinski definition) is 3. The van der Waals surface area contributed by atoms with Crippen LogP contribution in [0.3, 0.4) is 0 Å². The molecule has 0 spiro atoms. The zero-order chi connectivity index (χ0) is 15.2. The number of aromatic nitrogens is 2. The third-order valence-electron chi connectivity index (χ3n) is 3.15. The second-order valence-electron chi connectivity index (χ2n) is 5.09. The average Bonchev–Trinajstić information content (AvgIpc) is 2.90. The van der Waals surface area contributed by atoms with Crippen LogP contribution < -0.4 is 0 Å². The Morgan fingerprint density at radius 2 is 2.05 bits per heavy atom. The van der Waals surface area contributed by atoms with E-state index in [1.807, 2.05) is 12.1 Å². The zero-order valence-corrected chi connectivity index (χ0v) is 13.8. The van der Waals surface area contributed by atoms with Crippen molar-refractivity contribution < 1.29 is 9.53 Å². The summed E-state index contributed by atoms with van der Waals surface area (Å²) in [5, 5.41) is 0. The van der Waals surface area contributed by atoms with Gasteiger partial charge in [-0.3, -0.25) is 0 Å². The minimum Gasteiger partial charge on any atom is -0.461 e. The van der Waals surface area contributed by atoms with Crippen molar-refractivity contribution in [2.45, 2.75) is 26.7 Å². The smallest absolute Gasteiger partial charge is 0.358 e. The predicted molar refractivity (Wildman–Crippen MR) is 85.3 cm³/mol. The lowest BCUT2D eigenvalue weighted by atomic mass is 9.98. The van der Waals surface area contributed by atoms with Gasteiger partial charge < -0.3 is 9.72 Å². The molecule has 1 aromatic heterocycles. The molecule has 0 amide bonds. The highest BCUT2D eigenvalue weighted by Gasteiger charge is 2.13. The van der Waals surface area contributed by atoms with Gasteiger partial charge in [-0.25, -0.2) is 9.78 Å². The van der Waals surface area contributed by atoms with Gasteiger partial charge in [0, 0.05) is 17.1 Å². The van der Waals surface area contributed by atoms with Gasteiger partial charge in [-0.1, -0.05) is 35.0 Å². The maximum Gasteiger partial charge on any atom is 0.358 e. The van der Waals surface area contributed by atoms with E-state index in [1.54, 1.807) is 13.1 Å². The molecule has 0 saturated carbocycles. The molecule has 0 fully saturated rings. The SMILES string of the molecule is CCOC(=O)c1c[nH]c(CC(C)Cc2ccc(Br)cc2)n1. The third kappa shape index (κ3) is 4.70. The molecule has 0 radical (unpaired) electrons. The van der Waals surface area contributed by atoms with E-state index in [-0.39, 0.29) is 5.97 Å². The molecular weight excluding hydrogens is 332 g/mol. The molecule has 1 atom stereocenters. The largest absolute Gasteiger partial charge is 0.461 e. The van der Waals surface area contributed by atoms with Gasteiger partial charge in [0.1, 0.15) is 5.82 Å². The maximum atomic E-state index is 11.6. The molecule has 5 heteroatoms. The van der Waals surface area contributed by atoms with Crippen LogP contribution in [0, 0.1) is 5.92 Å². The van der Waals surface area contributed by atoms with E-state index in [2.05, 4.69) is 45.0 Å². The van der Waals surface area contributed by atoms with Crippen molar-refractivity contribution in [2.75, 3.05) is 6.61 Å². The van der Waals surface area contributed by atoms with Crippen molar-refractivity contribution in [2.24, 2.45) is 5.92 Å². The number of benzene rings is 1. The molecule has 2 rings (SSSR count). The Kier molecular flexibility index (Phi) is 5.56. The lowest BCUT2D eigenvalue weighted by Gasteiger charge is -2.09. The van der Waals surface area contributed by atoms with Crippen molar-refractivity contribution >= 4 is 21.9 Å². The van der Waals surface area contributed by atoms with Gasteiger partial charge in [-0.05, 0) is 37.0 Å². The number of H-pyrrole nitrogens is 1. The minimum absolute atomic E-state index is 0.350. The molecule has 2 aromatic rings. The van der Waals surface area contributed by atoms with Crippen molar-refractivity contribution in [3.63, 3.8) is 0 Å². The molecule has 0 aliphatic heterocycles. The van der Waals surface area contributed by atoms with E-state index in [0.29, 0.717) is 18.2 Å². The first kappa shape index (κ1) is 15.8. The van der Waals surface area contributed by atoms with E-state index in [4.69, 9.17) is 4.74 Å². The lowest BCUT2D eigenvalue weighted by molar-refractivity contribution is 0.0520. The van der Waals surface area contributed by atoms with Crippen molar-refractivity contribution in [1.29, 1.82) is 0 Å². The van der Waals surface area contributed by atoms with Crippen LogP contribution in [0.1, 0.15) is 35.7 Å². The van der Waals surface area contributed by atoms with Crippen LogP contribution in [-0.4, -0.2) is 22.5 Å². The molecule has 1 aromatic carbocycles. The Balaban J connectivity index is 1.92. The Morgan fingerprint density at radius 1 is 1.33 bits per heavy atom. The number of esters is 1. The molecule has 4 nitrogen and oxygen atoms in total. The monoisotopic (exact) mass is 350 g/mol. The summed E-state index contributed by atoms with van der Waals surface area (Å²) >= 11 is 3.44. The number of rotatable bonds is 6. The van der Waals surface area contributed by atoms with Crippen LogP contribution in [0.15, 0.2) is 34.9 Å². The summed E-state index contributed by atoms with van der Waals surface area (Å²) in [6, 6.07) is 8.33. The highest BCUT2D eigenvalue weighted by atomic mass is 79.9. The molecule has 0 aliphatic carbocycles. The summed E-state index contributed by atoms with van der Waals surface area (Å²) in [4.78, 5) is 18.9. The molecule has 21 heavy (non-hydrogen) atoms. The zero-order valence-electron chi connectivity index (χ0n) is 12.2. The molecule has 0 bridgehead atoms. The van der Waals surface area contributed by atoms with Gasteiger partial charge in [0.05, 0.1) is 6.61 Å². The fourth-order valence-corrected chi connectivity index (χ4v) is 2.47. The normalized spacial score (nSPS) is 12.1. The topological polar surface area (TPSA) is 55.0 Å². The molecule has 1 heterocycles. The summed E-state index contributed by atoms with van der Waals surface area (Å²) in [6.07, 6.45) is 3.39. The Bertz CT molecular complexity index is 593. The number of halogens is 1. The fourth-order valence-electron chi connectivity index (χ4n) is 2.20. The first-order valence-electron chi connectivity index (χ1n) is 7.04. The summed E-state index contributed by atoms with van der Waals surface area (Å²) in [5.41, 5.74) is 1.64. The molecule has 0 saturated heterocycles. The number of nitrogens with one attached hydrogen (secondary N) is 1. The average molecular weight is 351 g/mol. The molecular formula is C16H19BrN2O2. The summed E-state index contributed by atoms with van der Waals surface area (Å²) in [5.74, 6) is 0.885. The first-order chi connectivity index (χ1) is 10.1. The number of nitrogens with zero attached hydrogens (tertiary/aromatic N) is 1. The van der Waals surface area contributed by atoms with E-state index < -0.39 is 0 Å². The quantitative estimate of drug-likeness (QED) is 0.806. The van der Waals surface area contributed by atoms with Crippen molar-refractivity contribution in [3.8, 4) is 0 Å². The summed E-state index contributed by atoms with van der Waals surface area (Å²) in [6.45, 7) is 4.32. The summed E-state index contributed by atoms with van der Waals surface area (Å²) < 4.78 is 6.01. The van der Waals surface area contributed by atoms with Gasteiger partial charge in [0.15, 0.2) is 5.69 Å². The van der Waals surface area contributed by atoms with Crippen LogP contribution in [0.25, 0.3) is 0 Å². The number of hydrogen-bond donors (Lipinski definition) is 1. The van der Waals surface area contributed by atoms with Gasteiger partial charge in [-0.15, -0.1) is 0 Å². The van der Waals surface area contributed by atoms with Crippen LogP contribution in [0.4, 0.5) is 0 Å². The predicted octanol–water partition coefficient (Wildman–Crippen LogP) is 3.77. The Hall–Kier alpha value is -1.62. The highest BCUT2D eigenvalue weighted by molar-refractivity contribution is 9.10. The van der Waals surface area contributed by atoms with Crippen molar-refractivity contribution in [3.05, 3.63) is 52.0 Å². The number of carbonyl (C=O) groups is 1. The summed E-state index contributed by atoms with van der Waals surface area (Å²) in [7, 11) is 0. The fraction of sp³-hybridized carbons (Fsp3) is 0.375.